The molecule has 0 radical (unpaired) electrons. The van der Waals surface area contributed by atoms with Gasteiger partial charge >= 0.3 is 0 Å². The first-order valence-corrected chi connectivity index (χ1v) is 8.45. The fourth-order valence-electron chi connectivity index (χ4n) is 2.27. The number of ether oxygens (including phenoxy) is 1. The number of halogens is 2. The molecule has 7 heteroatoms. The van der Waals surface area contributed by atoms with E-state index in [0.717, 1.165) is 5.69 Å². The summed E-state index contributed by atoms with van der Waals surface area (Å²) in [7, 11) is 1.60. The Kier molecular flexibility index (Phi) is 5.61. The third-order valence-corrected chi connectivity index (χ3v) is 4.31. The second-order valence-electron chi connectivity index (χ2n) is 5.34. The van der Waals surface area contributed by atoms with Crippen molar-refractivity contribution < 1.29 is 9.53 Å². The van der Waals surface area contributed by atoms with Crippen LogP contribution in [0.4, 0.5) is 17.2 Å². The Hall–Kier alpha value is -2.76. The molecule has 0 fully saturated rings. The Bertz CT molecular complexity index is 930. The number of carbonyl (C=O) groups is 1. The van der Waals surface area contributed by atoms with Gasteiger partial charge in [-0.2, -0.15) is 0 Å². The Morgan fingerprint density at radius 3 is 2.54 bits per heavy atom. The summed E-state index contributed by atoms with van der Waals surface area (Å²) in [6, 6.07) is 15.8. The van der Waals surface area contributed by atoms with Crippen LogP contribution < -0.4 is 15.4 Å². The molecule has 0 aliphatic carbocycles. The molecule has 0 atom stereocenters. The number of nitrogens with one attached hydrogen (secondary N) is 2. The summed E-state index contributed by atoms with van der Waals surface area (Å²) in [5.41, 5.74) is 1.76. The quantitative estimate of drug-likeness (QED) is 0.615. The lowest BCUT2D eigenvalue weighted by atomic mass is 10.2. The lowest BCUT2D eigenvalue weighted by Crippen LogP contribution is -2.12. The molecule has 26 heavy (non-hydrogen) atoms. The van der Waals surface area contributed by atoms with Crippen molar-refractivity contribution in [2.24, 2.45) is 0 Å². The van der Waals surface area contributed by atoms with Gasteiger partial charge in [-0.15, -0.1) is 0 Å². The van der Waals surface area contributed by atoms with Crippen LogP contribution in [0.5, 0.6) is 5.75 Å². The van der Waals surface area contributed by atoms with E-state index in [1.54, 1.807) is 37.4 Å². The topological polar surface area (TPSA) is 63.2 Å². The van der Waals surface area contributed by atoms with Crippen LogP contribution >= 0.6 is 23.2 Å². The molecule has 1 aromatic heterocycles. The average molecular weight is 388 g/mol. The average Bonchev–Trinajstić information content (AvgIpc) is 2.66. The van der Waals surface area contributed by atoms with Crippen LogP contribution in [-0.2, 0) is 0 Å². The highest BCUT2D eigenvalue weighted by atomic mass is 35.5. The molecule has 0 saturated carbocycles. The molecule has 2 N–H and O–H groups in total. The van der Waals surface area contributed by atoms with Crippen LogP contribution in [0.3, 0.4) is 0 Å². The number of pyridine rings is 1. The molecule has 0 aliphatic heterocycles. The molecule has 3 rings (SSSR count). The van der Waals surface area contributed by atoms with E-state index in [-0.39, 0.29) is 5.91 Å². The van der Waals surface area contributed by atoms with Gasteiger partial charge in [0.05, 0.1) is 28.4 Å². The van der Waals surface area contributed by atoms with Gasteiger partial charge in [0.1, 0.15) is 11.6 Å². The minimum atomic E-state index is -0.292. The Labute approximate surface area is 160 Å². The third-order valence-electron chi connectivity index (χ3n) is 3.57. The number of aromatic nitrogens is 1. The van der Waals surface area contributed by atoms with E-state index in [1.165, 1.54) is 6.20 Å². The fourth-order valence-corrected chi connectivity index (χ4v) is 2.56. The van der Waals surface area contributed by atoms with Crippen molar-refractivity contribution in [2.45, 2.75) is 0 Å². The van der Waals surface area contributed by atoms with E-state index in [0.29, 0.717) is 32.9 Å². The van der Waals surface area contributed by atoms with E-state index in [9.17, 15) is 4.79 Å². The van der Waals surface area contributed by atoms with Crippen molar-refractivity contribution in [3.63, 3.8) is 0 Å². The number of amides is 1. The van der Waals surface area contributed by atoms with E-state index in [4.69, 9.17) is 27.9 Å². The van der Waals surface area contributed by atoms with Gasteiger partial charge in [-0.05, 0) is 42.5 Å². The minimum Gasteiger partial charge on any atom is -0.495 e. The standard InChI is InChI=1S/C19H15Cl2N3O2/c1-26-17-5-3-2-4-16(17)24-18-9-6-12(11-22-18)19(25)23-13-7-8-14(20)15(21)10-13/h2-11H,1H3,(H,22,24)(H,23,25). The number of hydrogen-bond acceptors (Lipinski definition) is 4. The molecule has 3 aromatic rings. The molecule has 132 valence electrons. The number of carbonyl (C=O) groups excluding carboxylic acids is 1. The van der Waals surface area contributed by atoms with E-state index < -0.39 is 0 Å². The number of nitrogens with zero attached hydrogens (tertiary/aromatic N) is 1. The highest BCUT2D eigenvalue weighted by Gasteiger charge is 2.09. The second-order valence-corrected chi connectivity index (χ2v) is 6.15. The molecular formula is C19H15Cl2N3O2. The molecule has 1 amide bonds. The zero-order chi connectivity index (χ0) is 18.5. The first-order valence-electron chi connectivity index (χ1n) is 7.69. The summed E-state index contributed by atoms with van der Waals surface area (Å²) < 4.78 is 5.29. The molecule has 0 spiro atoms. The number of methoxy groups -OCH3 is 1. The van der Waals surface area contributed by atoms with Crippen LogP contribution in [0.25, 0.3) is 0 Å². The summed E-state index contributed by atoms with van der Waals surface area (Å²) in [5.74, 6) is 1.01. The number of para-hydroxylation sites is 2. The van der Waals surface area contributed by atoms with Gasteiger partial charge in [-0.3, -0.25) is 4.79 Å². The summed E-state index contributed by atoms with van der Waals surface area (Å²) >= 11 is 11.8. The Morgan fingerprint density at radius 2 is 1.85 bits per heavy atom. The molecule has 0 saturated heterocycles. The molecule has 0 bridgehead atoms. The van der Waals surface area contributed by atoms with Crippen LogP contribution in [-0.4, -0.2) is 18.0 Å². The number of hydrogen-bond donors (Lipinski definition) is 2. The third kappa shape index (κ3) is 4.25. The van der Waals surface area contributed by atoms with Gasteiger partial charge in [0, 0.05) is 11.9 Å². The van der Waals surface area contributed by atoms with Crippen molar-refractivity contribution in [1.82, 2.24) is 4.98 Å². The lowest BCUT2D eigenvalue weighted by Gasteiger charge is -2.11. The molecular weight excluding hydrogens is 373 g/mol. The maximum absolute atomic E-state index is 12.3. The van der Waals surface area contributed by atoms with Crippen molar-refractivity contribution in [2.75, 3.05) is 17.7 Å². The van der Waals surface area contributed by atoms with Crippen LogP contribution in [0.1, 0.15) is 10.4 Å². The predicted molar refractivity (Wildman–Crippen MR) is 105 cm³/mol. The van der Waals surface area contributed by atoms with Crippen molar-refractivity contribution in [3.8, 4) is 5.75 Å². The van der Waals surface area contributed by atoms with Crippen molar-refractivity contribution in [1.29, 1.82) is 0 Å². The SMILES string of the molecule is COc1ccccc1Nc1ccc(C(=O)Nc2ccc(Cl)c(Cl)c2)cn1. The molecule has 5 nitrogen and oxygen atoms in total. The largest absolute Gasteiger partial charge is 0.495 e. The fraction of sp³-hybridized carbons (Fsp3) is 0.0526. The zero-order valence-electron chi connectivity index (χ0n) is 13.8. The molecule has 2 aromatic carbocycles. The van der Waals surface area contributed by atoms with Gasteiger partial charge in [0.2, 0.25) is 0 Å². The summed E-state index contributed by atoms with van der Waals surface area (Å²) in [4.78, 5) is 16.6. The highest BCUT2D eigenvalue weighted by molar-refractivity contribution is 6.42. The minimum absolute atomic E-state index is 0.292. The molecule has 1 heterocycles. The first kappa shape index (κ1) is 18.0. The second kappa shape index (κ2) is 8.08. The normalized spacial score (nSPS) is 10.3. The lowest BCUT2D eigenvalue weighted by molar-refractivity contribution is 0.102. The smallest absolute Gasteiger partial charge is 0.257 e. The van der Waals surface area contributed by atoms with E-state index >= 15 is 0 Å². The monoisotopic (exact) mass is 387 g/mol. The Morgan fingerprint density at radius 1 is 1.04 bits per heavy atom. The number of benzene rings is 2. The highest BCUT2D eigenvalue weighted by Crippen LogP contribution is 2.27. The van der Waals surface area contributed by atoms with Crippen LogP contribution in [0.15, 0.2) is 60.8 Å². The molecule has 0 aliphatic rings. The molecule has 0 unspecified atom stereocenters. The summed E-state index contributed by atoms with van der Waals surface area (Å²) in [5, 5.41) is 6.71. The van der Waals surface area contributed by atoms with Crippen LogP contribution in [0.2, 0.25) is 10.0 Å². The van der Waals surface area contributed by atoms with E-state index in [2.05, 4.69) is 15.6 Å². The van der Waals surface area contributed by atoms with Crippen molar-refractivity contribution >= 4 is 46.3 Å². The van der Waals surface area contributed by atoms with Gasteiger partial charge in [0.15, 0.2) is 0 Å². The van der Waals surface area contributed by atoms with Crippen molar-refractivity contribution in [3.05, 3.63) is 76.4 Å². The van der Waals surface area contributed by atoms with E-state index in [1.807, 2.05) is 24.3 Å². The Balaban J connectivity index is 1.70. The maximum Gasteiger partial charge on any atom is 0.257 e. The number of anilines is 3. The van der Waals surface area contributed by atoms with Gasteiger partial charge < -0.3 is 15.4 Å². The summed E-state index contributed by atoms with van der Waals surface area (Å²) in [6.07, 6.45) is 1.49. The van der Waals surface area contributed by atoms with Crippen LogP contribution in [0, 0.1) is 0 Å². The summed E-state index contributed by atoms with van der Waals surface area (Å²) in [6.45, 7) is 0. The van der Waals surface area contributed by atoms with Gasteiger partial charge in [0.25, 0.3) is 5.91 Å². The zero-order valence-corrected chi connectivity index (χ0v) is 15.3. The van der Waals surface area contributed by atoms with Gasteiger partial charge in [-0.25, -0.2) is 4.98 Å². The number of rotatable bonds is 5. The van der Waals surface area contributed by atoms with Gasteiger partial charge in [-0.1, -0.05) is 35.3 Å². The maximum atomic E-state index is 12.3. The first-order chi connectivity index (χ1) is 12.6. The predicted octanol–water partition coefficient (Wildman–Crippen LogP) is 5.39.